The van der Waals surface area contributed by atoms with Crippen LogP contribution in [-0.2, 0) is 0 Å². The van der Waals surface area contributed by atoms with Crippen LogP contribution >= 0.6 is 0 Å². The van der Waals surface area contributed by atoms with E-state index in [0.29, 0.717) is 0 Å². The number of nitrogens with zero attached hydrogens (tertiary/aromatic N) is 2. The zero-order chi connectivity index (χ0) is 11.3. The van der Waals surface area contributed by atoms with Gasteiger partial charge in [0.1, 0.15) is 0 Å². The van der Waals surface area contributed by atoms with Crippen LogP contribution in [0.1, 0.15) is 25.1 Å². The smallest absolute Gasteiger partial charge is 0.0648 e. The molecule has 0 aromatic carbocycles. The average Bonchev–Trinajstić information content (AvgIpc) is 2.18. The Morgan fingerprint density at radius 1 is 1.47 bits per heavy atom. The van der Waals surface area contributed by atoms with Crippen LogP contribution in [0.15, 0.2) is 42.1 Å². The van der Waals surface area contributed by atoms with E-state index in [2.05, 4.69) is 16.6 Å². The summed E-state index contributed by atoms with van der Waals surface area (Å²) in [6.07, 6.45) is 5.70. The topological polar surface area (TPSA) is 25.2 Å². The first-order valence-electron chi connectivity index (χ1n) is 4.93. The van der Waals surface area contributed by atoms with Crippen molar-refractivity contribution in [3.8, 4) is 0 Å². The number of hydrogen-bond donors (Lipinski definition) is 0. The average molecular weight is 200 g/mol. The molecule has 0 fully saturated rings. The predicted octanol–water partition coefficient (Wildman–Crippen LogP) is 3.40. The fraction of sp³-hybridized carbons (Fsp3) is 0.231. The van der Waals surface area contributed by atoms with Crippen LogP contribution in [0.3, 0.4) is 0 Å². The highest BCUT2D eigenvalue weighted by Gasteiger charge is 1.97. The van der Waals surface area contributed by atoms with Crippen molar-refractivity contribution >= 4 is 11.4 Å². The zero-order valence-corrected chi connectivity index (χ0v) is 9.49. The van der Waals surface area contributed by atoms with E-state index in [1.54, 1.807) is 6.20 Å². The van der Waals surface area contributed by atoms with Crippen LogP contribution in [0.4, 0.5) is 0 Å². The molecular formula is C13H16N2. The number of allylic oxidation sites excluding steroid dienone is 2. The number of hydrogen-bond acceptors (Lipinski definition) is 2. The van der Waals surface area contributed by atoms with Crippen molar-refractivity contribution in [2.75, 3.05) is 0 Å². The highest BCUT2D eigenvalue weighted by molar-refractivity contribution is 5.96. The van der Waals surface area contributed by atoms with Gasteiger partial charge in [-0.1, -0.05) is 12.7 Å². The Bertz CT molecular complexity index is 397. The third-order valence-corrected chi connectivity index (χ3v) is 1.96. The molecule has 0 aliphatic heterocycles. The lowest BCUT2D eigenvalue weighted by atomic mass is 10.2. The molecule has 1 heterocycles. The van der Waals surface area contributed by atoms with Gasteiger partial charge < -0.3 is 0 Å². The van der Waals surface area contributed by atoms with E-state index in [-0.39, 0.29) is 0 Å². The van der Waals surface area contributed by atoms with Crippen LogP contribution in [0.5, 0.6) is 0 Å². The molecule has 0 atom stereocenters. The van der Waals surface area contributed by atoms with Crippen LogP contribution in [0, 0.1) is 6.92 Å². The third kappa shape index (κ3) is 3.50. The Morgan fingerprint density at radius 2 is 2.20 bits per heavy atom. The van der Waals surface area contributed by atoms with Crippen molar-refractivity contribution in [1.82, 2.24) is 4.98 Å². The molecule has 0 aliphatic rings. The van der Waals surface area contributed by atoms with Crippen LogP contribution in [0.25, 0.3) is 5.70 Å². The van der Waals surface area contributed by atoms with Gasteiger partial charge in [0, 0.05) is 23.2 Å². The van der Waals surface area contributed by atoms with Gasteiger partial charge >= 0.3 is 0 Å². The summed E-state index contributed by atoms with van der Waals surface area (Å²) in [4.78, 5) is 8.57. The highest BCUT2D eigenvalue weighted by Crippen LogP contribution is 2.12. The van der Waals surface area contributed by atoms with Crippen molar-refractivity contribution in [2.45, 2.75) is 20.8 Å². The molecule has 0 unspecified atom stereocenters. The third-order valence-electron chi connectivity index (χ3n) is 1.96. The summed E-state index contributed by atoms with van der Waals surface area (Å²) in [5, 5.41) is 0. The molecule has 1 aromatic heterocycles. The summed E-state index contributed by atoms with van der Waals surface area (Å²) in [6.45, 7) is 9.79. The van der Waals surface area contributed by atoms with E-state index in [0.717, 1.165) is 22.7 Å². The Morgan fingerprint density at radius 3 is 2.73 bits per heavy atom. The van der Waals surface area contributed by atoms with Crippen molar-refractivity contribution < 1.29 is 0 Å². The van der Waals surface area contributed by atoms with Gasteiger partial charge in [-0.3, -0.25) is 9.98 Å². The van der Waals surface area contributed by atoms with E-state index in [4.69, 9.17) is 0 Å². The second-order valence-electron chi connectivity index (χ2n) is 3.39. The van der Waals surface area contributed by atoms with Gasteiger partial charge in [0.2, 0.25) is 0 Å². The van der Waals surface area contributed by atoms with Crippen molar-refractivity contribution in [3.63, 3.8) is 0 Å². The minimum absolute atomic E-state index is 0.748. The molecule has 2 nitrogen and oxygen atoms in total. The van der Waals surface area contributed by atoms with E-state index >= 15 is 0 Å². The highest BCUT2D eigenvalue weighted by atomic mass is 14.8. The molecule has 2 heteroatoms. The van der Waals surface area contributed by atoms with Crippen molar-refractivity contribution in [1.29, 1.82) is 0 Å². The molecule has 1 rings (SSSR count). The molecule has 0 radical (unpaired) electrons. The normalized spacial score (nSPS) is 12.1. The first kappa shape index (κ1) is 11.4. The number of aromatic nitrogens is 1. The molecule has 0 saturated heterocycles. The standard InChI is InChI=1S/C13H16N2/c1-5-6-11(3)15-12(4)13-8-7-10(2)14-9-13/h5-9H,4H2,1-3H3/b6-5-,15-11?. The molecule has 0 bridgehead atoms. The molecule has 0 aliphatic carbocycles. The van der Waals surface area contributed by atoms with Gasteiger partial charge in [0.25, 0.3) is 0 Å². The lowest BCUT2D eigenvalue weighted by Gasteiger charge is -2.01. The summed E-state index contributed by atoms with van der Waals surface area (Å²) >= 11 is 0. The molecule has 15 heavy (non-hydrogen) atoms. The Labute approximate surface area is 91.1 Å². The maximum Gasteiger partial charge on any atom is 0.0648 e. The fourth-order valence-corrected chi connectivity index (χ4v) is 1.19. The molecular weight excluding hydrogens is 184 g/mol. The fourth-order valence-electron chi connectivity index (χ4n) is 1.19. The minimum atomic E-state index is 0.748. The first-order chi connectivity index (χ1) is 7.13. The molecule has 1 aromatic rings. The summed E-state index contributed by atoms with van der Waals surface area (Å²) in [7, 11) is 0. The largest absolute Gasteiger partial charge is 0.261 e. The molecule has 78 valence electrons. The van der Waals surface area contributed by atoms with Gasteiger partial charge in [-0.2, -0.15) is 0 Å². The number of rotatable bonds is 3. The van der Waals surface area contributed by atoms with E-state index in [9.17, 15) is 0 Å². The minimum Gasteiger partial charge on any atom is -0.261 e. The van der Waals surface area contributed by atoms with Gasteiger partial charge in [0.15, 0.2) is 0 Å². The van der Waals surface area contributed by atoms with Gasteiger partial charge in [-0.15, -0.1) is 0 Å². The molecule has 0 spiro atoms. The van der Waals surface area contributed by atoms with Crippen LogP contribution < -0.4 is 0 Å². The molecule has 0 N–H and O–H groups in total. The monoisotopic (exact) mass is 200 g/mol. The number of aryl methyl sites for hydroxylation is 1. The summed E-state index contributed by atoms with van der Waals surface area (Å²) in [5.41, 5.74) is 3.66. The summed E-state index contributed by atoms with van der Waals surface area (Å²) < 4.78 is 0. The first-order valence-corrected chi connectivity index (χ1v) is 4.93. The van der Waals surface area contributed by atoms with Crippen molar-refractivity contribution in [2.24, 2.45) is 4.99 Å². The lowest BCUT2D eigenvalue weighted by Crippen LogP contribution is -1.88. The van der Waals surface area contributed by atoms with Crippen LogP contribution in [0.2, 0.25) is 0 Å². The zero-order valence-electron chi connectivity index (χ0n) is 9.49. The maximum atomic E-state index is 4.36. The Kier molecular flexibility index (Phi) is 3.98. The second-order valence-corrected chi connectivity index (χ2v) is 3.39. The van der Waals surface area contributed by atoms with E-state index < -0.39 is 0 Å². The second kappa shape index (κ2) is 5.25. The SMILES string of the molecule is C=C(N=C(C)/C=C\C)c1ccc(C)nc1. The Balaban J connectivity index is 2.86. The van der Waals surface area contributed by atoms with E-state index in [1.165, 1.54) is 0 Å². The van der Waals surface area contributed by atoms with Gasteiger partial charge in [-0.25, -0.2) is 0 Å². The summed E-state index contributed by atoms with van der Waals surface area (Å²) in [5.74, 6) is 0. The maximum absolute atomic E-state index is 4.36. The van der Waals surface area contributed by atoms with Gasteiger partial charge in [-0.05, 0) is 39.0 Å². The Hall–Kier alpha value is -1.70. The number of pyridine rings is 1. The van der Waals surface area contributed by atoms with Crippen molar-refractivity contribution in [3.05, 3.63) is 48.3 Å². The van der Waals surface area contributed by atoms with Crippen LogP contribution in [-0.4, -0.2) is 10.7 Å². The lowest BCUT2D eigenvalue weighted by molar-refractivity contribution is 1.19. The quantitative estimate of drug-likeness (QED) is 0.686. The van der Waals surface area contributed by atoms with E-state index in [1.807, 2.05) is 45.1 Å². The number of aliphatic imine (C=N–C) groups is 1. The predicted molar refractivity (Wildman–Crippen MR) is 65.9 cm³/mol. The summed E-state index contributed by atoms with van der Waals surface area (Å²) in [6, 6.07) is 3.94. The molecule has 0 amide bonds. The van der Waals surface area contributed by atoms with Gasteiger partial charge in [0.05, 0.1) is 5.70 Å². The molecule has 0 saturated carbocycles.